The van der Waals surface area contributed by atoms with Crippen LogP contribution < -0.4 is 0 Å². The van der Waals surface area contributed by atoms with E-state index in [2.05, 4.69) is 25.8 Å². The molecule has 1 aliphatic heterocycles. The molecule has 1 unspecified atom stereocenters. The maximum atomic E-state index is 2.42. The van der Waals surface area contributed by atoms with Crippen molar-refractivity contribution in [3.63, 3.8) is 0 Å². The Labute approximate surface area is 51.7 Å². The van der Waals surface area contributed by atoms with Gasteiger partial charge in [0.2, 0.25) is 0 Å². The van der Waals surface area contributed by atoms with E-state index in [0.29, 0.717) is 0 Å². The number of hydrogen-bond acceptors (Lipinski definition) is 1. The SMILES string of the molecule is CC1CCN(C)[C@@H]1C. The standard InChI is InChI=1S/C7H15N/c1-6-4-5-8(3)7(6)2/h6-7H,4-5H2,1-3H3/t6?,7-/m1/s1. The van der Waals surface area contributed by atoms with Gasteiger partial charge in [-0.2, -0.15) is 0 Å². The number of likely N-dealkylation sites (tertiary alicyclic amines) is 1. The van der Waals surface area contributed by atoms with E-state index < -0.39 is 0 Å². The maximum absolute atomic E-state index is 2.42. The molecule has 0 radical (unpaired) electrons. The molecule has 0 aliphatic carbocycles. The van der Waals surface area contributed by atoms with Crippen LogP contribution in [0.25, 0.3) is 0 Å². The van der Waals surface area contributed by atoms with Gasteiger partial charge in [-0.05, 0) is 32.9 Å². The molecule has 0 aromatic heterocycles. The number of rotatable bonds is 0. The van der Waals surface area contributed by atoms with Gasteiger partial charge in [0.15, 0.2) is 0 Å². The normalized spacial score (nSPS) is 40.9. The van der Waals surface area contributed by atoms with Gasteiger partial charge in [-0.1, -0.05) is 6.92 Å². The molecule has 1 nitrogen and oxygen atoms in total. The fourth-order valence-corrected chi connectivity index (χ4v) is 1.29. The summed E-state index contributed by atoms with van der Waals surface area (Å²) < 4.78 is 0. The summed E-state index contributed by atoms with van der Waals surface area (Å²) in [6.07, 6.45) is 1.39. The minimum atomic E-state index is 0.815. The second kappa shape index (κ2) is 2.06. The van der Waals surface area contributed by atoms with Gasteiger partial charge in [0, 0.05) is 6.04 Å². The van der Waals surface area contributed by atoms with Gasteiger partial charge in [0.05, 0.1) is 0 Å². The summed E-state index contributed by atoms with van der Waals surface area (Å²) in [5.74, 6) is 0.917. The predicted molar refractivity (Wildman–Crippen MR) is 35.9 cm³/mol. The Kier molecular flexibility index (Phi) is 1.57. The van der Waals surface area contributed by atoms with E-state index in [1.807, 2.05) is 0 Å². The topological polar surface area (TPSA) is 3.24 Å². The highest BCUT2D eigenvalue weighted by molar-refractivity contribution is 4.77. The molecular formula is C7H15N. The smallest absolute Gasteiger partial charge is 0.00899 e. The first-order chi connectivity index (χ1) is 3.72. The fraction of sp³-hybridized carbons (Fsp3) is 1.00. The lowest BCUT2D eigenvalue weighted by molar-refractivity contribution is 0.301. The highest BCUT2D eigenvalue weighted by Gasteiger charge is 2.23. The maximum Gasteiger partial charge on any atom is 0.00899 e. The summed E-state index contributed by atoms with van der Waals surface area (Å²) in [4.78, 5) is 2.42. The van der Waals surface area contributed by atoms with E-state index in [0.717, 1.165) is 12.0 Å². The minimum Gasteiger partial charge on any atom is -0.303 e. The molecule has 0 spiro atoms. The Hall–Kier alpha value is -0.0400. The Bertz CT molecular complexity index is 70.5. The van der Waals surface area contributed by atoms with Crippen molar-refractivity contribution in [3.8, 4) is 0 Å². The largest absolute Gasteiger partial charge is 0.303 e. The zero-order valence-electron chi connectivity index (χ0n) is 6.02. The second-order valence-corrected chi connectivity index (χ2v) is 2.99. The molecular weight excluding hydrogens is 98.1 g/mol. The molecule has 8 heavy (non-hydrogen) atoms. The number of hydrogen-bond donors (Lipinski definition) is 0. The summed E-state index contributed by atoms with van der Waals surface area (Å²) in [6.45, 7) is 5.92. The highest BCUT2D eigenvalue weighted by atomic mass is 15.1. The van der Waals surface area contributed by atoms with Crippen LogP contribution in [0, 0.1) is 5.92 Å². The molecule has 0 saturated carbocycles. The third-order valence-electron chi connectivity index (χ3n) is 2.46. The predicted octanol–water partition coefficient (Wildman–Crippen LogP) is 1.35. The van der Waals surface area contributed by atoms with Crippen molar-refractivity contribution >= 4 is 0 Å². The van der Waals surface area contributed by atoms with Crippen LogP contribution in [0.1, 0.15) is 20.3 Å². The van der Waals surface area contributed by atoms with Gasteiger partial charge in [0.1, 0.15) is 0 Å². The zero-order chi connectivity index (χ0) is 6.15. The van der Waals surface area contributed by atoms with Gasteiger partial charge in [-0.15, -0.1) is 0 Å². The fourth-order valence-electron chi connectivity index (χ4n) is 1.29. The van der Waals surface area contributed by atoms with Crippen LogP contribution in [-0.4, -0.2) is 24.5 Å². The van der Waals surface area contributed by atoms with Crippen molar-refractivity contribution in [1.29, 1.82) is 0 Å². The second-order valence-electron chi connectivity index (χ2n) is 2.99. The summed E-state index contributed by atoms with van der Waals surface area (Å²) >= 11 is 0. The number of nitrogens with zero attached hydrogens (tertiary/aromatic N) is 1. The molecule has 0 bridgehead atoms. The van der Waals surface area contributed by atoms with E-state index >= 15 is 0 Å². The van der Waals surface area contributed by atoms with Crippen molar-refractivity contribution in [2.45, 2.75) is 26.3 Å². The Morgan fingerprint density at radius 1 is 1.38 bits per heavy atom. The highest BCUT2D eigenvalue weighted by Crippen LogP contribution is 2.20. The van der Waals surface area contributed by atoms with Crippen molar-refractivity contribution < 1.29 is 0 Å². The molecule has 2 atom stereocenters. The molecule has 1 heterocycles. The average Bonchev–Trinajstić information content (AvgIpc) is 1.98. The van der Waals surface area contributed by atoms with Gasteiger partial charge in [-0.25, -0.2) is 0 Å². The van der Waals surface area contributed by atoms with Crippen LogP contribution in [0.15, 0.2) is 0 Å². The van der Waals surface area contributed by atoms with Gasteiger partial charge in [-0.3, -0.25) is 0 Å². The van der Waals surface area contributed by atoms with E-state index in [-0.39, 0.29) is 0 Å². The van der Waals surface area contributed by atoms with Crippen molar-refractivity contribution in [2.24, 2.45) is 5.92 Å². The molecule has 0 aromatic carbocycles. The molecule has 0 aromatic rings. The van der Waals surface area contributed by atoms with Crippen LogP contribution in [-0.2, 0) is 0 Å². The molecule has 0 amide bonds. The average molecular weight is 113 g/mol. The molecule has 1 saturated heterocycles. The molecule has 0 N–H and O–H groups in total. The summed E-state index contributed by atoms with van der Waals surface area (Å²) in [5.41, 5.74) is 0. The van der Waals surface area contributed by atoms with Crippen molar-refractivity contribution in [2.75, 3.05) is 13.6 Å². The molecule has 1 fully saturated rings. The lowest BCUT2D eigenvalue weighted by Crippen LogP contribution is -2.24. The monoisotopic (exact) mass is 113 g/mol. The molecule has 1 aliphatic rings. The van der Waals surface area contributed by atoms with Crippen LogP contribution in [0.5, 0.6) is 0 Å². The first-order valence-corrected chi connectivity index (χ1v) is 3.42. The quantitative estimate of drug-likeness (QED) is 0.458. The van der Waals surface area contributed by atoms with Crippen LogP contribution in [0.2, 0.25) is 0 Å². The van der Waals surface area contributed by atoms with E-state index in [4.69, 9.17) is 0 Å². The molecule has 48 valence electrons. The van der Waals surface area contributed by atoms with E-state index in [9.17, 15) is 0 Å². The van der Waals surface area contributed by atoms with Crippen LogP contribution in [0.3, 0.4) is 0 Å². The zero-order valence-corrected chi connectivity index (χ0v) is 6.02. The Morgan fingerprint density at radius 3 is 2.12 bits per heavy atom. The van der Waals surface area contributed by atoms with Gasteiger partial charge >= 0.3 is 0 Å². The van der Waals surface area contributed by atoms with Gasteiger partial charge < -0.3 is 4.90 Å². The summed E-state index contributed by atoms with van der Waals surface area (Å²) in [5, 5.41) is 0. The van der Waals surface area contributed by atoms with Crippen LogP contribution >= 0.6 is 0 Å². The van der Waals surface area contributed by atoms with Crippen LogP contribution in [0.4, 0.5) is 0 Å². The van der Waals surface area contributed by atoms with Gasteiger partial charge in [0.25, 0.3) is 0 Å². The lowest BCUT2D eigenvalue weighted by Gasteiger charge is -2.16. The Morgan fingerprint density at radius 2 is 2.00 bits per heavy atom. The first kappa shape index (κ1) is 6.09. The van der Waals surface area contributed by atoms with Crippen molar-refractivity contribution in [1.82, 2.24) is 4.90 Å². The van der Waals surface area contributed by atoms with E-state index in [1.165, 1.54) is 13.0 Å². The van der Waals surface area contributed by atoms with Crippen molar-refractivity contribution in [3.05, 3.63) is 0 Å². The molecule has 1 heteroatoms. The first-order valence-electron chi connectivity index (χ1n) is 3.42. The summed E-state index contributed by atoms with van der Waals surface area (Å²) in [7, 11) is 2.20. The third kappa shape index (κ3) is 0.873. The lowest BCUT2D eigenvalue weighted by atomic mass is 10.1. The Balaban J connectivity index is 2.44. The third-order valence-corrected chi connectivity index (χ3v) is 2.46. The van der Waals surface area contributed by atoms with E-state index in [1.54, 1.807) is 0 Å². The molecule has 1 rings (SSSR count). The minimum absolute atomic E-state index is 0.815. The summed E-state index contributed by atoms with van der Waals surface area (Å²) in [6, 6.07) is 0.815.